The van der Waals surface area contributed by atoms with E-state index < -0.39 is 20.2 Å². The van der Waals surface area contributed by atoms with Crippen molar-refractivity contribution >= 4 is 69.8 Å². The van der Waals surface area contributed by atoms with Crippen LogP contribution < -0.4 is 10.4 Å². The number of nitrogens with one attached hydrogen (secondary N) is 1. The van der Waals surface area contributed by atoms with E-state index in [4.69, 9.17) is 4.55 Å². The van der Waals surface area contributed by atoms with Gasteiger partial charge in [-0.15, -0.1) is 0 Å². The average Bonchev–Trinajstić information content (AvgIpc) is 3.29. The fraction of sp³-hybridized carbons (Fsp3) is 0.964. The van der Waals surface area contributed by atoms with Crippen molar-refractivity contribution in [3.05, 3.63) is 0 Å². The van der Waals surface area contributed by atoms with Gasteiger partial charge in [-0.1, -0.05) is 271 Å². The third-order valence-corrected chi connectivity index (χ3v) is 14.8. The molecule has 10 nitrogen and oxygen atoms in total. The van der Waals surface area contributed by atoms with Crippen molar-refractivity contribution in [3.63, 3.8) is 0 Å². The van der Waals surface area contributed by atoms with Crippen molar-refractivity contribution in [1.29, 1.82) is 0 Å². The molecule has 1 amide bonds. The van der Waals surface area contributed by atoms with Gasteiger partial charge in [0.15, 0.2) is 0 Å². The Kier molecular flexibility index (Phi) is 62.5. The summed E-state index contributed by atoms with van der Waals surface area (Å²) >= 11 is 0. The summed E-state index contributed by atoms with van der Waals surface area (Å²) in [6.07, 6.45) is 59.5. The van der Waals surface area contributed by atoms with Gasteiger partial charge in [-0.05, 0) is 50.8 Å². The molecule has 0 aromatic heterocycles. The zero-order valence-corrected chi connectivity index (χ0v) is 49.4. The number of hydrogen-bond donors (Lipinski definition) is 2. The first-order valence-electron chi connectivity index (χ1n) is 29.3. The van der Waals surface area contributed by atoms with E-state index in [0.29, 0.717) is 45.2 Å². The average molecular weight is 1050 g/mol. The van der Waals surface area contributed by atoms with Gasteiger partial charge >= 0.3 is 37.7 Å². The SMILES string of the molecule is CCCCCCCCCCCCCCCCCCCCCCCC(=O)NCCCCS(=O)(=O)O.CCCCCCCCCCCCCCCCCCCCCCCC([O-])=NCCCCS(=O)(=O)[O-].[Ca+2]. The molecule has 0 aromatic carbocycles. The van der Waals surface area contributed by atoms with Crippen molar-refractivity contribution in [2.75, 3.05) is 24.6 Å². The van der Waals surface area contributed by atoms with Gasteiger partial charge in [-0.25, -0.2) is 8.42 Å². The molecular weight excluding hydrogens is 933 g/mol. The maximum Gasteiger partial charge on any atom is 2.00 e. The molecule has 0 aliphatic rings. The van der Waals surface area contributed by atoms with Gasteiger partial charge in [-0.3, -0.25) is 9.35 Å². The minimum absolute atomic E-state index is 0. The molecule has 0 spiro atoms. The largest absolute Gasteiger partial charge is 2.00 e. The Morgan fingerprint density at radius 2 is 0.681 bits per heavy atom. The summed E-state index contributed by atoms with van der Waals surface area (Å²) in [7, 11) is -8.02. The molecule has 0 saturated carbocycles. The number of aliphatic imine (C=N–C) groups is 1. The Morgan fingerprint density at radius 3 is 0.971 bits per heavy atom. The van der Waals surface area contributed by atoms with Crippen LogP contribution in [0.25, 0.3) is 0 Å². The van der Waals surface area contributed by atoms with Crippen LogP contribution in [0.5, 0.6) is 0 Å². The van der Waals surface area contributed by atoms with Gasteiger partial charge in [0.25, 0.3) is 10.1 Å². The first-order valence-corrected chi connectivity index (χ1v) is 32.5. The van der Waals surface area contributed by atoms with Gasteiger partial charge in [0.1, 0.15) is 0 Å². The Hall–Kier alpha value is 0.0197. The number of unbranched alkanes of at least 4 members (excludes halogenated alkanes) is 42. The Labute approximate surface area is 459 Å². The molecule has 0 bridgehead atoms. The molecule has 0 aliphatic heterocycles. The molecule has 0 heterocycles. The molecular formula is C56H112CaN2O8S2. The van der Waals surface area contributed by atoms with Crippen LogP contribution in [0.1, 0.15) is 322 Å². The molecule has 0 fully saturated rings. The summed E-state index contributed by atoms with van der Waals surface area (Å²) in [6, 6.07) is 0. The van der Waals surface area contributed by atoms with Gasteiger partial charge in [0.05, 0.1) is 15.9 Å². The molecule has 0 radical (unpaired) electrons. The van der Waals surface area contributed by atoms with E-state index in [-0.39, 0.29) is 67.5 Å². The van der Waals surface area contributed by atoms with E-state index in [1.54, 1.807) is 0 Å². The van der Waals surface area contributed by atoms with Crippen molar-refractivity contribution < 1.29 is 35.8 Å². The topological polar surface area (TPSA) is 176 Å². The van der Waals surface area contributed by atoms with Crippen LogP contribution in [0.4, 0.5) is 0 Å². The zero-order valence-electron chi connectivity index (χ0n) is 45.5. The fourth-order valence-electron chi connectivity index (χ4n) is 8.82. The summed E-state index contributed by atoms with van der Waals surface area (Å²) in [5, 5.41) is 14.5. The van der Waals surface area contributed by atoms with Crippen LogP contribution in [0.3, 0.4) is 0 Å². The summed E-state index contributed by atoms with van der Waals surface area (Å²) in [5.41, 5.74) is 0. The Balaban J connectivity index is -0.00000124. The number of carbonyl (C=O) groups is 1. The minimum atomic E-state index is -4.14. The third-order valence-electron chi connectivity index (χ3n) is 13.2. The number of nitrogens with zero attached hydrogens (tertiary/aromatic N) is 1. The van der Waals surface area contributed by atoms with E-state index in [9.17, 15) is 31.3 Å². The standard InChI is InChI=1S/2C28H57NO4S.Ca/c2*1-2-3-4-5-6-7-8-9-10-11-12-13-14-15-16-17-18-19-20-21-22-25-28(30)29-26-23-24-27-34(31,32)33;/h2*2-27H2,1H3,(H,29,30)(H,31,32,33);/q;;+2/p-2. The molecule has 0 saturated heterocycles. The van der Waals surface area contributed by atoms with Gasteiger partial charge in [0.2, 0.25) is 5.91 Å². The molecule has 0 aliphatic carbocycles. The first-order chi connectivity index (χ1) is 32.9. The molecule has 0 atom stereocenters. The molecule has 0 unspecified atom stereocenters. The maximum atomic E-state index is 11.7. The summed E-state index contributed by atoms with van der Waals surface area (Å²) in [4.78, 5) is 15.7. The van der Waals surface area contributed by atoms with Crippen molar-refractivity contribution in [2.45, 2.75) is 322 Å². The fourth-order valence-corrected chi connectivity index (χ4v) is 9.95. The quantitative estimate of drug-likeness (QED) is 0.0199. The van der Waals surface area contributed by atoms with Gasteiger partial charge in [-0.2, -0.15) is 8.42 Å². The van der Waals surface area contributed by atoms with E-state index in [0.717, 1.165) is 25.7 Å². The van der Waals surface area contributed by atoms with E-state index in [1.165, 1.54) is 244 Å². The Morgan fingerprint density at radius 1 is 0.406 bits per heavy atom. The van der Waals surface area contributed by atoms with Crippen molar-refractivity contribution in [2.24, 2.45) is 4.99 Å². The number of amides is 1. The predicted octanol–water partition coefficient (Wildman–Crippen LogP) is 15.7. The molecule has 0 rings (SSSR count). The molecule has 69 heavy (non-hydrogen) atoms. The predicted molar refractivity (Wildman–Crippen MR) is 295 cm³/mol. The second-order valence-corrected chi connectivity index (χ2v) is 23.3. The van der Waals surface area contributed by atoms with E-state index in [2.05, 4.69) is 24.2 Å². The summed E-state index contributed by atoms with van der Waals surface area (Å²) in [5.74, 6) is -0.647. The van der Waals surface area contributed by atoms with Crippen LogP contribution in [-0.4, -0.2) is 100 Å². The van der Waals surface area contributed by atoms with Crippen LogP contribution in [0.15, 0.2) is 4.99 Å². The Bertz CT molecular complexity index is 1290. The molecule has 408 valence electrons. The molecule has 13 heteroatoms. The summed E-state index contributed by atoms with van der Waals surface area (Å²) < 4.78 is 61.3. The minimum Gasteiger partial charge on any atom is -0.862 e. The first kappa shape index (κ1) is 73.3. The number of carbonyl (C=O) groups excluding carboxylic acids is 1. The molecule has 0 aromatic rings. The second kappa shape index (κ2) is 58.9. The van der Waals surface area contributed by atoms with Crippen LogP contribution in [0.2, 0.25) is 0 Å². The summed E-state index contributed by atoms with van der Waals surface area (Å²) in [6.45, 7) is 5.37. The molecule has 2 N–H and O–H groups in total. The normalized spacial score (nSPS) is 11.9. The van der Waals surface area contributed by atoms with Gasteiger partial charge < -0.3 is 20.0 Å². The zero-order chi connectivity index (χ0) is 50.3. The number of hydrogen-bond acceptors (Lipinski definition) is 8. The number of rotatable bonds is 54. The van der Waals surface area contributed by atoms with Crippen molar-refractivity contribution in [3.8, 4) is 0 Å². The van der Waals surface area contributed by atoms with E-state index in [1.807, 2.05) is 0 Å². The van der Waals surface area contributed by atoms with Crippen LogP contribution >= 0.6 is 0 Å². The second-order valence-electron chi connectivity index (χ2n) is 20.2. The van der Waals surface area contributed by atoms with E-state index >= 15 is 0 Å². The van der Waals surface area contributed by atoms with Crippen molar-refractivity contribution in [1.82, 2.24) is 5.32 Å². The smallest absolute Gasteiger partial charge is 0.862 e. The monoisotopic (exact) mass is 1040 g/mol. The maximum absolute atomic E-state index is 11.7. The van der Waals surface area contributed by atoms with Crippen LogP contribution in [0, 0.1) is 0 Å². The third kappa shape index (κ3) is 72.3. The van der Waals surface area contributed by atoms with Gasteiger partial charge in [0, 0.05) is 25.3 Å². The van der Waals surface area contributed by atoms with Crippen LogP contribution in [-0.2, 0) is 25.0 Å².